The van der Waals surface area contributed by atoms with Crippen LogP contribution in [0, 0.1) is 13.8 Å². The van der Waals surface area contributed by atoms with Gasteiger partial charge in [0.15, 0.2) is 0 Å². The highest BCUT2D eigenvalue weighted by atomic mass is 16.3. The third-order valence-corrected chi connectivity index (χ3v) is 3.52. The Morgan fingerprint density at radius 3 is 2.76 bits per heavy atom. The van der Waals surface area contributed by atoms with E-state index >= 15 is 0 Å². The average Bonchev–Trinajstić information content (AvgIpc) is 2.81. The molecule has 0 aliphatic carbocycles. The molecule has 2 N–H and O–H groups in total. The summed E-state index contributed by atoms with van der Waals surface area (Å²) in [6.45, 7) is 4.21. The summed E-state index contributed by atoms with van der Waals surface area (Å²) in [7, 11) is 0. The molecule has 1 atom stereocenters. The van der Waals surface area contributed by atoms with Gasteiger partial charge in [0, 0.05) is 24.5 Å². The normalized spacial score (nSPS) is 12.5. The number of aromatic nitrogens is 3. The van der Waals surface area contributed by atoms with E-state index in [0.717, 1.165) is 22.3 Å². The fourth-order valence-electron chi connectivity index (χ4n) is 2.21. The lowest BCUT2D eigenvalue weighted by Gasteiger charge is -2.12. The number of hydrogen-bond donors (Lipinski definition) is 2. The summed E-state index contributed by atoms with van der Waals surface area (Å²) in [5, 5.41) is 14.2. The molecule has 3 heterocycles. The molecule has 0 bridgehead atoms. The Kier molecular flexibility index (Phi) is 3.53. The summed E-state index contributed by atoms with van der Waals surface area (Å²) in [6.07, 6.45) is 4.13. The summed E-state index contributed by atoms with van der Waals surface area (Å²) in [4.78, 5) is 12.3. The summed E-state index contributed by atoms with van der Waals surface area (Å²) in [6, 6.07) is 3.57. The standard InChI is InChI=1S/C15H16N4O2/c1-9-10(2)21-15-13(9)14(18-8-19-15)17-7-12(20)11-3-5-16-6-4-11/h3-6,8,12,20H,7H2,1-2H3,(H,17,18,19). The van der Waals surface area contributed by atoms with Crippen molar-refractivity contribution in [2.24, 2.45) is 0 Å². The smallest absolute Gasteiger partial charge is 0.231 e. The van der Waals surface area contributed by atoms with Gasteiger partial charge >= 0.3 is 0 Å². The van der Waals surface area contributed by atoms with Crippen LogP contribution in [0.3, 0.4) is 0 Å². The van der Waals surface area contributed by atoms with E-state index in [1.807, 2.05) is 13.8 Å². The summed E-state index contributed by atoms with van der Waals surface area (Å²) >= 11 is 0. The van der Waals surface area contributed by atoms with Crippen LogP contribution in [0.25, 0.3) is 11.1 Å². The molecule has 0 amide bonds. The van der Waals surface area contributed by atoms with E-state index in [1.165, 1.54) is 6.33 Å². The van der Waals surface area contributed by atoms with E-state index in [4.69, 9.17) is 4.42 Å². The number of hydrogen-bond acceptors (Lipinski definition) is 6. The first-order valence-electron chi connectivity index (χ1n) is 6.69. The first-order valence-corrected chi connectivity index (χ1v) is 6.69. The fourth-order valence-corrected chi connectivity index (χ4v) is 2.21. The van der Waals surface area contributed by atoms with E-state index in [1.54, 1.807) is 24.5 Å². The minimum absolute atomic E-state index is 0.347. The molecule has 0 saturated carbocycles. The van der Waals surface area contributed by atoms with Crippen molar-refractivity contribution in [3.63, 3.8) is 0 Å². The molecule has 1 unspecified atom stereocenters. The van der Waals surface area contributed by atoms with E-state index in [0.29, 0.717) is 18.1 Å². The maximum atomic E-state index is 10.2. The molecule has 0 aromatic carbocycles. The molecular weight excluding hydrogens is 268 g/mol. The molecule has 3 rings (SSSR count). The van der Waals surface area contributed by atoms with Gasteiger partial charge < -0.3 is 14.8 Å². The van der Waals surface area contributed by atoms with Gasteiger partial charge in [-0.05, 0) is 31.5 Å². The van der Waals surface area contributed by atoms with Crippen molar-refractivity contribution >= 4 is 16.9 Å². The molecule has 21 heavy (non-hydrogen) atoms. The maximum Gasteiger partial charge on any atom is 0.231 e. The van der Waals surface area contributed by atoms with Gasteiger partial charge in [-0.15, -0.1) is 0 Å². The van der Waals surface area contributed by atoms with Gasteiger partial charge in [0.05, 0.1) is 11.5 Å². The number of aliphatic hydroxyl groups is 1. The lowest BCUT2D eigenvalue weighted by Crippen LogP contribution is -2.13. The Bertz CT molecular complexity index is 755. The van der Waals surface area contributed by atoms with E-state index in [2.05, 4.69) is 20.3 Å². The second kappa shape index (κ2) is 5.49. The largest absolute Gasteiger partial charge is 0.443 e. The van der Waals surface area contributed by atoms with Crippen LogP contribution in [0.1, 0.15) is 23.0 Å². The molecule has 6 heteroatoms. The van der Waals surface area contributed by atoms with Crippen LogP contribution in [0.15, 0.2) is 35.3 Å². The fraction of sp³-hybridized carbons (Fsp3) is 0.267. The second-order valence-corrected chi connectivity index (χ2v) is 4.86. The summed E-state index contributed by atoms with van der Waals surface area (Å²) < 4.78 is 5.57. The van der Waals surface area contributed by atoms with Gasteiger partial charge in [-0.2, -0.15) is 0 Å². The number of rotatable bonds is 4. The molecule has 0 fully saturated rings. The van der Waals surface area contributed by atoms with E-state index < -0.39 is 6.10 Å². The lowest BCUT2D eigenvalue weighted by molar-refractivity contribution is 0.191. The summed E-state index contributed by atoms with van der Waals surface area (Å²) in [5.41, 5.74) is 2.37. The monoisotopic (exact) mass is 284 g/mol. The topological polar surface area (TPSA) is 84.1 Å². The Morgan fingerprint density at radius 2 is 2.00 bits per heavy atom. The lowest BCUT2D eigenvalue weighted by atomic mass is 10.1. The highest BCUT2D eigenvalue weighted by Gasteiger charge is 2.14. The zero-order valence-electron chi connectivity index (χ0n) is 11.9. The number of pyridine rings is 1. The van der Waals surface area contributed by atoms with Crippen molar-refractivity contribution in [1.29, 1.82) is 0 Å². The van der Waals surface area contributed by atoms with Crippen LogP contribution in [-0.2, 0) is 0 Å². The minimum atomic E-state index is -0.633. The summed E-state index contributed by atoms with van der Waals surface area (Å²) in [5.74, 6) is 1.49. The zero-order valence-corrected chi connectivity index (χ0v) is 11.9. The van der Waals surface area contributed by atoms with Gasteiger partial charge in [-0.1, -0.05) is 0 Å². The van der Waals surface area contributed by atoms with Crippen molar-refractivity contribution in [1.82, 2.24) is 15.0 Å². The van der Waals surface area contributed by atoms with Gasteiger partial charge in [-0.3, -0.25) is 4.98 Å². The number of nitrogens with zero attached hydrogens (tertiary/aromatic N) is 3. The molecule has 0 aliphatic heterocycles. The van der Waals surface area contributed by atoms with Crippen LogP contribution >= 0.6 is 0 Å². The zero-order chi connectivity index (χ0) is 14.8. The Hall–Kier alpha value is -2.47. The van der Waals surface area contributed by atoms with Gasteiger partial charge in [0.1, 0.15) is 17.9 Å². The Labute approximate surface area is 121 Å². The predicted octanol–water partition coefficient (Wildman–Crippen LogP) is 2.38. The van der Waals surface area contributed by atoms with E-state index in [-0.39, 0.29) is 0 Å². The van der Waals surface area contributed by atoms with Crippen LogP contribution in [0.2, 0.25) is 0 Å². The Morgan fingerprint density at radius 1 is 1.24 bits per heavy atom. The number of aryl methyl sites for hydroxylation is 2. The highest BCUT2D eigenvalue weighted by molar-refractivity contribution is 5.89. The number of fused-ring (bicyclic) bond motifs is 1. The molecule has 0 aliphatic rings. The van der Waals surface area contributed by atoms with Crippen molar-refractivity contribution in [2.45, 2.75) is 20.0 Å². The molecule has 6 nitrogen and oxygen atoms in total. The van der Waals surface area contributed by atoms with Crippen LogP contribution in [0.5, 0.6) is 0 Å². The van der Waals surface area contributed by atoms with Crippen LogP contribution in [0.4, 0.5) is 5.82 Å². The van der Waals surface area contributed by atoms with Crippen molar-refractivity contribution < 1.29 is 9.52 Å². The molecular formula is C15H16N4O2. The third kappa shape index (κ3) is 2.57. The SMILES string of the molecule is Cc1oc2ncnc(NCC(O)c3ccncc3)c2c1C. The Balaban J connectivity index is 1.83. The molecule has 3 aromatic heterocycles. The number of nitrogens with one attached hydrogen (secondary N) is 1. The second-order valence-electron chi connectivity index (χ2n) is 4.86. The predicted molar refractivity (Wildman–Crippen MR) is 79.0 cm³/mol. The number of aliphatic hydroxyl groups excluding tert-OH is 1. The number of anilines is 1. The highest BCUT2D eigenvalue weighted by Crippen LogP contribution is 2.28. The van der Waals surface area contributed by atoms with Gasteiger partial charge in [-0.25, -0.2) is 9.97 Å². The maximum absolute atomic E-state index is 10.2. The van der Waals surface area contributed by atoms with Gasteiger partial charge in [0.25, 0.3) is 0 Å². The van der Waals surface area contributed by atoms with Crippen molar-refractivity contribution in [3.8, 4) is 0 Å². The molecule has 0 saturated heterocycles. The van der Waals surface area contributed by atoms with Gasteiger partial charge in [0.2, 0.25) is 5.71 Å². The third-order valence-electron chi connectivity index (χ3n) is 3.52. The van der Waals surface area contributed by atoms with Crippen molar-refractivity contribution in [2.75, 3.05) is 11.9 Å². The molecule has 0 spiro atoms. The van der Waals surface area contributed by atoms with Crippen LogP contribution < -0.4 is 5.32 Å². The molecule has 108 valence electrons. The number of furan rings is 1. The van der Waals surface area contributed by atoms with Crippen molar-refractivity contribution in [3.05, 3.63) is 47.7 Å². The quantitative estimate of drug-likeness (QED) is 0.765. The molecule has 0 radical (unpaired) electrons. The average molecular weight is 284 g/mol. The van der Waals surface area contributed by atoms with E-state index in [9.17, 15) is 5.11 Å². The molecule has 3 aromatic rings. The first-order chi connectivity index (χ1) is 10.2. The van der Waals surface area contributed by atoms with Crippen LogP contribution in [-0.4, -0.2) is 26.6 Å². The minimum Gasteiger partial charge on any atom is -0.443 e. The first kappa shape index (κ1) is 13.5.